The first-order chi connectivity index (χ1) is 14.2. The highest BCUT2D eigenvalue weighted by Gasteiger charge is 2.20. The van der Waals surface area contributed by atoms with E-state index in [2.05, 4.69) is 10.6 Å². The van der Waals surface area contributed by atoms with Gasteiger partial charge in [-0.15, -0.1) is 0 Å². The van der Waals surface area contributed by atoms with E-state index < -0.39 is 35.2 Å². The van der Waals surface area contributed by atoms with E-state index in [9.17, 15) is 14.4 Å². The van der Waals surface area contributed by atoms with Crippen LogP contribution in [-0.4, -0.2) is 48.4 Å². The molecule has 0 saturated heterocycles. The van der Waals surface area contributed by atoms with Gasteiger partial charge in [0.15, 0.2) is 0 Å². The van der Waals surface area contributed by atoms with E-state index in [0.29, 0.717) is 18.0 Å². The van der Waals surface area contributed by atoms with Crippen molar-refractivity contribution in [1.29, 1.82) is 0 Å². The second-order valence-electron chi connectivity index (χ2n) is 9.02. The molecule has 0 radical (unpaired) electrons. The fraction of sp³-hybridized carbons (Fsp3) is 0.591. The predicted octanol–water partition coefficient (Wildman–Crippen LogP) is 2.98. The summed E-state index contributed by atoms with van der Waals surface area (Å²) in [6.45, 7) is 11.3. The number of rotatable bonds is 9. The molecule has 0 heterocycles. The van der Waals surface area contributed by atoms with Gasteiger partial charge in [-0.3, -0.25) is 9.59 Å². The Morgan fingerprint density at radius 1 is 0.968 bits per heavy atom. The van der Waals surface area contributed by atoms with Crippen LogP contribution in [0.5, 0.6) is 5.75 Å². The molecule has 0 saturated carbocycles. The fourth-order valence-electron chi connectivity index (χ4n) is 2.30. The summed E-state index contributed by atoms with van der Waals surface area (Å²) >= 11 is 0. The molecule has 0 unspecified atom stereocenters. The zero-order valence-corrected chi connectivity index (χ0v) is 19.2. The van der Waals surface area contributed by atoms with Crippen molar-refractivity contribution in [2.75, 3.05) is 18.5 Å². The van der Waals surface area contributed by atoms with Crippen LogP contribution in [0, 0.1) is 0 Å². The molecule has 1 aromatic carbocycles. The zero-order chi connectivity index (χ0) is 23.7. The van der Waals surface area contributed by atoms with Crippen molar-refractivity contribution < 1.29 is 28.6 Å². The van der Waals surface area contributed by atoms with E-state index in [0.717, 1.165) is 0 Å². The molecule has 0 aliphatic rings. The molecule has 0 aromatic heterocycles. The largest absolute Gasteiger partial charge is 0.492 e. The Labute approximate surface area is 184 Å². The van der Waals surface area contributed by atoms with E-state index in [1.807, 2.05) is 0 Å². The second kappa shape index (κ2) is 11.5. The van der Waals surface area contributed by atoms with Gasteiger partial charge in [-0.25, -0.2) is 4.79 Å². The topological polar surface area (TPSA) is 129 Å². The predicted molar refractivity (Wildman–Crippen MR) is 118 cm³/mol. The van der Waals surface area contributed by atoms with E-state index in [1.165, 1.54) is 0 Å². The van der Waals surface area contributed by atoms with Crippen LogP contribution in [0.4, 0.5) is 10.5 Å². The highest BCUT2D eigenvalue weighted by atomic mass is 16.6. The number of alkyl carbamates (subject to hydrolysis) is 1. The van der Waals surface area contributed by atoms with Crippen molar-refractivity contribution in [3.05, 3.63) is 24.3 Å². The summed E-state index contributed by atoms with van der Waals surface area (Å²) in [5, 5.41) is 5.30. The molecule has 1 aromatic rings. The normalized spacial score (nSPS) is 12.5. The lowest BCUT2D eigenvalue weighted by atomic mass is 10.1. The van der Waals surface area contributed by atoms with Crippen LogP contribution in [0.25, 0.3) is 0 Å². The first-order valence-corrected chi connectivity index (χ1v) is 10.2. The molecular formula is C22H35N3O6. The van der Waals surface area contributed by atoms with Gasteiger partial charge in [0.05, 0.1) is 12.6 Å². The minimum atomic E-state index is -0.831. The monoisotopic (exact) mass is 437 g/mol. The average Bonchev–Trinajstić information content (AvgIpc) is 2.61. The molecule has 1 rings (SSSR count). The number of benzene rings is 1. The van der Waals surface area contributed by atoms with Gasteiger partial charge in [-0.05, 0) is 72.2 Å². The molecule has 0 bridgehead atoms. The highest BCUT2D eigenvalue weighted by molar-refractivity contribution is 5.94. The smallest absolute Gasteiger partial charge is 0.407 e. The van der Waals surface area contributed by atoms with E-state index in [1.54, 1.807) is 65.8 Å². The third-order valence-electron chi connectivity index (χ3n) is 3.58. The molecule has 4 N–H and O–H groups in total. The molecule has 174 valence electrons. The van der Waals surface area contributed by atoms with Crippen LogP contribution >= 0.6 is 0 Å². The van der Waals surface area contributed by atoms with Gasteiger partial charge in [-0.1, -0.05) is 0 Å². The minimum Gasteiger partial charge on any atom is -0.492 e. The van der Waals surface area contributed by atoms with E-state index in [4.69, 9.17) is 19.9 Å². The number of carbonyl (C=O) groups is 3. The number of ether oxygens (including phenoxy) is 3. The molecule has 0 spiro atoms. The summed E-state index contributed by atoms with van der Waals surface area (Å²) in [7, 11) is 0. The third kappa shape index (κ3) is 12.5. The van der Waals surface area contributed by atoms with Crippen molar-refractivity contribution in [2.45, 2.75) is 71.6 Å². The van der Waals surface area contributed by atoms with Gasteiger partial charge >= 0.3 is 12.1 Å². The van der Waals surface area contributed by atoms with Gasteiger partial charge in [0, 0.05) is 12.1 Å². The van der Waals surface area contributed by atoms with Crippen LogP contribution in [0.3, 0.4) is 0 Å². The summed E-state index contributed by atoms with van der Waals surface area (Å²) in [6.07, 6.45) is -0.250. The summed E-state index contributed by atoms with van der Waals surface area (Å²) in [4.78, 5) is 35.5. The molecule has 9 nitrogen and oxygen atoms in total. The lowest BCUT2D eigenvalue weighted by Crippen LogP contribution is -2.36. The minimum absolute atomic E-state index is 0.0654. The maximum atomic E-state index is 12.2. The van der Waals surface area contributed by atoms with Crippen molar-refractivity contribution >= 4 is 23.7 Å². The quantitative estimate of drug-likeness (QED) is 0.400. The molecular weight excluding hydrogens is 402 g/mol. The van der Waals surface area contributed by atoms with Crippen molar-refractivity contribution in [3.8, 4) is 5.75 Å². The Morgan fingerprint density at radius 2 is 1.55 bits per heavy atom. The number of nitrogens with one attached hydrogen (secondary N) is 2. The Kier molecular flexibility index (Phi) is 9.77. The Balaban J connectivity index is 2.35. The fourth-order valence-corrected chi connectivity index (χ4v) is 2.30. The number of carbonyl (C=O) groups excluding carboxylic acids is 3. The summed E-state index contributed by atoms with van der Waals surface area (Å²) in [5.41, 5.74) is 5.29. The highest BCUT2D eigenvalue weighted by Crippen LogP contribution is 2.16. The molecule has 1 atom stereocenters. The van der Waals surface area contributed by atoms with E-state index >= 15 is 0 Å². The van der Waals surface area contributed by atoms with Gasteiger partial charge in [0.2, 0.25) is 5.91 Å². The summed E-state index contributed by atoms with van der Waals surface area (Å²) < 4.78 is 15.9. The molecule has 31 heavy (non-hydrogen) atoms. The van der Waals surface area contributed by atoms with Gasteiger partial charge in [0.25, 0.3) is 0 Å². The first kappa shape index (κ1) is 26.2. The number of anilines is 1. The number of hydrogen-bond donors (Lipinski definition) is 3. The molecule has 9 heteroatoms. The Morgan fingerprint density at radius 3 is 2.10 bits per heavy atom. The number of amides is 2. The molecule has 0 fully saturated rings. The van der Waals surface area contributed by atoms with Crippen LogP contribution in [0.15, 0.2) is 24.3 Å². The number of hydrogen-bond acceptors (Lipinski definition) is 7. The maximum absolute atomic E-state index is 12.2. The summed E-state index contributed by atoms with van der Waals surface area (Å²) in [6, 6.07) is 5.90. The lowest BCUT2D eigenvalue weighted by Gasteiger charge is -2.20. The number of esters is 1. The average molecular weight is 438 g/mol. The van der Waals surface area contributed by atoms with Crippen molar-refractivity contribution in [3.63, 3.8) is 0 Å². The first-order valence-electron chi connectivity index (χ1n) is 10.2. The van der Waals surface area contributed by atoms with Gasteiger partial charge in [-0.2, -0.15) is 0 Å². The number of nitrogens with two attached hydrogens (primary N) is 1. The molecule has 0 aliphatic carbocycles. The zero-order valence-electron chi connectivity index (χ0n) is 19.2. The van der Waals surface area contributed by atoms with Gasteiger partial charge in [0.1, 0.15) is 23.6 Å². The van der Waals surface area contributed by atoms with Crippen LogP contribution < -0.4 is 21.1 Å². The van der Waals surface area contributed by atoms with Crippen LogP contribution in [0.2, 0.25) is 0 Å². The Hall–Kier alpha value is -2.81. The molecule has 2 amide bonds. The van der Waals surface area contributed by atoms with Crippen LogP contribution in [-0.2, 0) is 19.1 Å². The van der Waals surface area contributed by atoms with Crippen LogP contribution in [0.1, 0.15) is 54.4 Å². The Bertz CT molecular complexity index is 735. The van der Waals surface area contributed by atoms with E-state index in [-0.39, 0.29) is 19.4 Å². The van der Waals surface area contributed by atoms with Crippen molar-refractivity contribution in [2.24, 2.45) is 5.73 Å². The molecule has 0 aliphatic heterocycles. The third-order valence-corrected chi connectivity index (χ3v) is 3.58. The van der Waals surface area contributed by atoms with Gasteiger partial charge < -0.3 is 30.6 Å². The summed E-state index contributed by atoms with van der Waals surface area (Å²) in [5.74, 6) is -0.199. The lowest BCUT2D eigenvalue weighted by molar-refractivity contribution is -0.155. The van der Waals surface area contributed by atoms with Crippen molar-refractivity contribution in [1.82, 2.24) is 5.32 Å². The standard InChI is InChI=1S/C22H35N3O6/c1-21(2,3)30-18(26)12-11-17(23)19(27)25-15-7-9-16(10-8-15)29-14-13-24-20(28)31-22(4,5)6/h7-10,17H,11-14,23H2,1-6H3,(H,24,28)(H,25,27)/t17-/m0/s1. The maximum Gasteiger partial charge on any atom is 0.407 e. The second-order valence-corrected chi connectivity index (χ2v) is 9.02. The SMILES string of the molecule is CC(C)(C)OC(=O)CC[C@H](N)C(=O)Nc1ccc(OCCNC(=O)OC(C)(C)C)cc1.